The largest absolute Gasteiger partial charge is 0.453 e. The van der Waals surface area contributed by atoms with E-state index >= 15 is 0 Å². The fourth-order valence-electron chi connectivity index (χ4n) is 20.6. The molecule has 0 radical (unpaired) electrons. The molecule has 0 saturated heterocycles. The van der Waals surface area contributed by atoms with Gasteiger partial charge in [0, 0.05) is 86.7 Å². The second kappa shape index (κ2) is 44.0. The second-order valence-corrected chi connectivity index (χ2v) is 41.0. The Labute approximate surface area is 875 Å². The Balaban J connectivity index is 0.000000109. The van der Waals surface area contributed by atoms with Crippen LogP contribution in [-0.4, -0.2) is 27.8 Å². The highest BCUT2D eigenvalue weighted by atomic mass is 16.5. The quantitative estimate of drug-likeness (QED) is 0.113. The van der Waals surface area contributed by atoms with Crippen LogP contribution in [0.1, 0.15) is 154 Å². The van der Waals surface area contributed by atoms with Gasteiger partial charge in [-0.1, -0.05) is 219 Å². The molecule has 18 aromatic carbocycles. The number of fused-ring (bicyclic) bond motifs is 17. The molecule has 0 saturated carbocycles. The van der Waals surface area contributed by atoms with Crippen molar-refractivity contribution in [3.63, 3.8) is 0 Å². The van der Waals surface area contributed by atoms with Gasteiger partial charge >= 0.3 is 0 Å². The van der Waals surface area contributed by atoms with E-state index in [2.05, 4.69) is 524 Å². The lowest BCUT2D eigenvalue weighted by molar-refractivity contribution is 0.474. The third-order valence-corrected chi connectivity index (χ3v) is 28.6. The van der Waals surface area contributed by atoms with Gasteiger partial charge in [-0.2, -0.15) is 0 Å². The average molecular weight is 1950 g/mol. The molecule has 0 spiro atoms. The van der Waals surface area contributed by atoms with Gasteiger partial charge in [-0.3, -0.25) is 0 Å². The Morgan fingerprint density at radius 2 is 0.399 bits per heavy atom. The zero-order valence-corrected chi connectivity index (χ0v) is 89.7. The summed E-state index contributed by atoms with van der Waals surface area (Å²) in [7, 11) is 4.15. The van der Waals surface area contributed by atoms with Gasteiger partial charge in [-0.05, 0) is 410 Å². The van der Waals surface area contributed by atoms with E-state index in [-0.39, 0.29) is 0 Å². The lowest BCUT2D eigenvalue weighted by Crippen LogP contribution is -2.16. The van der Waals surface area contributed by atoms with Crippen LogP contribution in [-0.2, 0) is 19.4 Å². The van der Waals surface area contributed by atoms with Crippen molar-refractivity contribution in [1.29, 1.82) is 0 Å². The van der Waals surface area contributed by atoms with Crippen LogP contribution in [0.25, 0.3) is 76.8 Å². The summed E-state index contributed by atoms with van der Waals surface area (Å²) < 4.78 is 31.6. The van der Waals surface area contributed by atoms with Crippen molar-refractivity contribution in [3.05, 3.63) is 452 Å². The number of unbranched alkanes of at least 4 members (excludes halogenated alkanes) is 3. The summed E-state index contributed by atoms with van der Waals surface area (Å²) in [6.07, 6.45) is 9.75. The van der Waals surface area contributed by atoms with E-state index < -0.39 is 0 Å². The van der Waals surface area contributed by atoms with Crippen molar-refractivity contribution in [2.24, 2.45) is 0 Å². The Kier molecular flexibility index (Phi) is 29.8. The molecule has 148 heavy (non-hydrogen) atoms. The van der Waals surface area contributed by atoms with Crippen LogP contribution in [0.4, 0.5) is 56.9 Å². The first-order valence-corrected chi connectivity index (χ1v) is 52.7. The van der Waals surface area contributed by atoms with Gasteiger partial charge in [0.2, 0.25) is 0 Å². The molecule has 11 nitrogen and oxygen atoms in total. The SMILES string of the molecule is CCCCc1ccc(-n2c3ccc(C)cc3c3cc(C)ccc32)cc1.CCCCc1ccc(N2c3ccc(C)cc3Oc3cc(C)ccc32)cc1.CCCCn1c2ccc(C)cc2c2cc(C)ccc21.Cc1ccc(-n2c3ccc(C)cc3c3cc(C)ccc32)cc1.Cc1ccc2c(c1)Oc1cc(C)ccc1N2C.Cc1ccc2c(c1)Oc1cc(C)ccc1N2C.Cc1ccc2c(c1)Oc1cc(C)ccc1N2c1ccccc1. The van der Waals surface area contributed by atoms with E-state index in [4.69, 9.17) is 18.9 Å². The van der Waals surface area contributed by atoms with E-state index in [0.717, 1.165) is 110 Å². The van der Waals surface area contributed by atoms with Crippen molar-refractivity contribution in [2.75, 3.05) is 33.7 Å². The number of para-hydroxylation sites is 1. The highest BCUT2D eigenvalue weighted by molar-refractivity contribution is 6.12. The lowest BCUT2D eigenvalue weighted by atomic mass is 10.1. The van der Waals surface area contributed by atoms with E-state index in [1.54, 1.807) is 0 Å². The van der Waals surface area contributed by atoms with Crippen LogP contribution in [0.5, 0.6) is 46.0 Å². The van der Waals surface area contributed by atoms with Crippen molar-refractivity contribution < 1.29 is 18.9 Å². The number of rotatable bonds is 13. The molecule has 4 aliphatic heterocycles. The molecule has 0 atom stereocenters. The highest BCUT2D eigenvalue weighted by Gasteiger charge is 2.30. The molecule has 0 amide bonds. The zero-order chi connectivity index (χ0) is 103. The Morgan fingerprint density at radius 3 is 0.669 bits per heavy atom. The predicted octanol–water partition coefficient (Wildman–Crippen LogP) is 39.1. The normalized spacial score (nSPS) is 12.1. The molecule has 0 aliphatic carbocycles. The maximum absolute atomic E-state index is 6.23. The van der Waals surface area contributed by atoms with Gasteiger partial charge in [0.1, 0.15) is 0 Å². The fraction of sp³-hybridized carbons (Fsp3) is 0.212. The summed E-state index contributed by atoms with van der Waals surface area (Å²) in [6.45, 7) is 39.7. The van der Waals surface area contributed by atoms with Crippen LogP contribution in [0.3, 0.4) is 0 Å². The topological polar surface area (TPSA) is 64.7 Å². The number of aryl methyl sites for hydroxylation is 18. The Morgan fingerprint density at radius 1 is 0.189 bits per heavy atom. The van der Waals surface area contributed by atoms with Crippen LogP contribution >= 0.6 is 0 Å². The molecule has 0 fully saturated rings. The zero-order valence-electron chi connectivity index (χ0n) is 89.7. The molecule has 7 heterocycles. The van der Waals surface area contributed by atoms with Gasteiger partial charge in [0.25, 0.3) is 0 Å². The minimum Gasteiger partial charge on any atom is -0.453 e. The molecular formula is C137H137N7O4. The van der Waals surface area contributed by atoms with Crippen LogP contribution in [0, 0.1) is 104 Å². The van der Waals surface area contributed by atoms with Crippen LogP contribution < -0.4 is 38.5 Å². The van der Waals surface area contributed by atoms with Gasteiger partial charge in [-0.25, -0.2) is 0 Å². The predicted molar refractivity (Wildman–Crippen MR) is 629 cm³/mol. The van der Waals surface area contributed by atoms with Crippen molar-refractivity contribution in [2.45, 2.75) is 183 Å². The summed E-state index contributed by atoms with van der Waals surface area (Å²) in [5.41, 5.74) is 43.1. The maximum atomic E-state index is 6.23. The third-order valence-electron chi connectivity index (χ3n) is 28.6. The summed E-state index contributed by atoms with van der Waals surface area (Å²) in [6, 6.07) is 129. The molecule has 4 aliphatic rings. The summed E-state index contributed by atoms with van der Waals surface area (Å²) in [5.74, 6) is 7.38. The average Bonchev–Trinajstić information content (AvgIpc) is 1.51. The van der Waals surface area contributed by atoms with Gasteiger partial charge < -0.3 is 52.2 Å². The van der Waals surface area contributed by atoms with Crippen molar-refractivity contribution in [1.82, 2.24) is 13.7 Å². The minimum atomic E-state index is 0.905. The van der Waals surface area contributed by atoms with Crippen molar-refractivity contribution >= 4 is 122 Å². The third kappa shape index (κ3) is 21.6. The number of anilines is 10. The minimum absolute atomic E-state index is 0.905. The van der Waals surface area contributed by atoms with E-state index in [1.165, 1.54) is 222 Å². The molecule has 3 aromatic heterocycles. The highest BCUT2D eigenvalue weighted by Crippen LogP contribution is 2.55. The molecule has 0 unspecified atom stereocenters. The summed E-state index contributed by atoms with van der Waals surface area (Å²) in [4.78, 5) is 8.91. The smallest absolute Gasteiger partial charge is 0.151 e. The Bertz CT molecular complexity index is 7960. The molecule has 21 aromatic rings. The van der Waals surface area contributed by atoms with E-state index in [9.17, 15) is 0 Å². The van der Waals surface area contributed by atoms with Gasteiger partial charge in [0.05, 0.1) is 67.6 Å². The summed E-state index contributed by atoms with van der Waals surface area (Å²) in [5, 5.41) is 8.14. The number of aromatic nitrogens is 3. The number of nitrogens with zero attached hydrogens (tertiary/aromatic N) is 7. The molecule has 11 heteroatoms. The molecule has 744 valence electrons. The van der Waals surface area contributed by atoms with E-state index in [0.29, 0.717) is 0 Å². The van der Waals surface area contributed by atoms with Crippen LogP contribution in [0.15, 0.2) is 358 Å². The monoisotopic (exact) mass is 1940 g/mol. The first-order valence-electron chi connectivity index (χ1n) is 52.7. The first-order chi connectivity index (χ1) is 71.7. The molecule has 0 N–H and O–H groups in total. The van der Waals surface area contributed by atoms with Gasteiger partial charge in [-0.15, -0.1) is 0 Å². The van der Waals surface area contributed by atoms with E-state index in [1.807, 2.05) is 6.07 Å². The first kappa shape index (κ1) is 100. The molecule has 0 bridgehead atoms. The number of hydrogen-bond acceptors (Lipinski definition) is 8. The standard InChI is InChI=1S/C24H25NO.C24H25N.C21H19N.C20H17NO.C18H21N.2C15H15NO/c1-4-5-6-19-9-11-20(12-10-19)25-21-13-7-17(2)15-23(21)26-24-16-18(3)8-14-22(24)25;1-4-5-6-19-9-11-20(12-10-19)25-23-13-7-17(2)15-21(23)22-16-18(3)8-14-24(22)25;1-14-4-8-17(9-5-14)22-20-10-6-15(2)12-18(20)19-13-16(3)7-11-21(19)22;1-14-8-10-17-19(12-14)22-20-13-15(2)9-11-18(20)21(17)16-6-4-3-5-7-16;1-4-5-10-19-17-8-6-13(2)11-15(17)16-12-14(3)7-9-18(16)19;2*1-10-4-6-12-14(8-10)17-15-9-11(2)5-7-13(15)16(12)3/h7-16H,4-6H2,1-3H3;7-16H,4-6H2,1-3H3;4-13H,1-3H3;3-13H,1-2H3;6-9,11-12H,4-5,10H2,1-3H3;2*4-9H,1-3H3. The number of ether oxygens (including phenoxy) is 4. The molecular weight excluding hydrogens is 1810 g/mol. The fourth-order valence-corrected chi connectivity index (χ4v) is 20.6. The van der Waals surface area contributed by atoms with Crippen LogP contribution in [0.2, 0.25) is 0 Å². The van der Waals surface area contributed by atoms with Gasteiger partial charge in [0.15, 0.2) is 46.0 Å². The number of hydrogen-bond donors (Lipinski definition) is 0. The van der Waals surface area contributed by atoms with Crippen molar-refractivity contribution in [3.8, 4) is 57.4 Å². The maximum Gasteiger partial charge on any atom is 0.151 e. The summed E-state index contributed by atoms with van der Waals surface area (Å²) >= 11 is 0. The Hall–Kier alpha value is -16.2. The number of benzene rings is 18. The molecule has 25 rings (SSSR count). The lowest BCUT2D eigenvalue weighted by Gasteiger charge is -2.33. The second-order valence-electron chi connectivity index (χ2n) is 41.0.